The first-order valence-electron chi connectivity index (χ1n) is 6.92. The van der Waals surface area contributed by atoms with Gasteiger partial charge in [0.25, 0.3) is 0 Å². The van der Waals surface area contributed by atoms with Gasteiger partial charge in [0.2, 0.25) is 0 Å². The predicted molar refractivity (Wildman–Crippen MR) is 88.4 cm³/mol. The number of hydrogen-bond acceptors (Lipinski definition) is 3. The summed E-state index contributed by atoms with van der Waals surface area (Å²) in [5, 5.41) is 10.2. The Labute approximate surface area is 128 Å². The third-order valence-corrected chi connectivity index (χ3v) is 4.42. The molecule has 21 heavy (non-hydrogen) atoms. The minimum absolute atomic E-state index is 0.0850. The second-order valence-electron chi connectivity index (χ2n) is 5.07. The summed E-state index contributed by atoms with van der Waals surface area (Å²) in [4.78, 5) is 5.85. The van der Waals surface area contributed by atoms with Gasteiger partial charge in [-0.05, 0) is 30.5 Å². The molecule has 0 spiro atoms. The minimum atomic E-state index is 0.0850. The van der Waals surface area contributed by atoms with Crippen molar-refractivity contribution in [2.45, 2.75) is 20.5 Å². The van der Waals surface area contributed by atoms with E-state index in [-0.39, 0.29) is 6.61 Å². The summed E-state index contributed by atoms with van der Waals surface area (Å²) in [6, 6.07) is 16.5. The van der Waals surface area contributed by atoms with Crippen molar-refractivity contribution >= 4 is 11.3 Å². The zero-order chi connectivity index (χ0) is 14.8. The van der Waals surface area contributed by atoms with E-state index in [0.29, 0.717) is 0 Å². The Morgan fingerprint density at radius 3 is 1.86 bits per heavy atom. The second-order valence-corrected chi connectivity index (χ2v) is 6.48. The molecule has 3 heteroatoms. The molecule has 0 fully saturated rings. The summed E-state index contributed by atoms with van der Waals surface area (Å²) in [6.07, 6.45) is 0. The molecule has 2 nitrogen and oxygen atoms in total. The molecule has 0 saturated carbocycles. The molecule has 3 rings (SSSR count). The molecule has 0 atom stereocenters. The molecule has 0 amide bonds. The van der Waals surface area contributed by atoms with E-state index in [2.05, 4.69) is 36.2 Å². The third kappa shape index (κ3) is 2.89. The van der Waals surface area contributed by atoms with Crippen molar-refractivity contribution in [3.05, 3.63) is 64.0 Å². The van der Waals surface area contributed by atoms with Gasteiger partial charge in [0.05, 0.1) is 17.3 Å². The quantitative estimate of drug-likeness (QED) is 0.767. The summed E-state index contributed by atoms with van der Waals surface area (Å²) in [5.74, 6) is 0. The fourth-order valence-corrected chi connectivity index (χ4v) is 3.26. The highest BCUT2D eigenvalue weighted by molar-refractivity contribution is 7.11. The maximum Gasteiger partial charge on any atom is 0.0904 e. The average molecular weight is 295 g/mol. The van der Waals surface area contributed by atoms with Gasteiger partial charge in [-0.2, -0.15) is 0 Å². The number of hydrogen-bond donors (Lipinski definition) is 1. The van der Waals surface area contributed by atoms with Crippen LogP contribution in [0.3, 0.4) is 0 Å². The van der Waals surface area contributed by atoms with Gasteiger partial charge in [0.1, 0.15) is 0 Å². The van der Waals surface area contributed by atoms with Gasteiger partial charge >= 0.3 is 0 Å². The SMILES string of the molecule is Cc1nc(-c2ccc(-c3ccc(CO)cc3)cc2)c(C)s1. The van der Waals surface area contributed by atoms with E-state index in [1.165, 1.54) is 10.4 Å². The molecular weight excluding hydrogens is 278 g/mol. The topological polar surface area (TPSA) is 33.1 Å². The number of aliphatic hydroxyl groups excluding tert-OH is 1. The van der Waals surface area contributed by atoms with Gasteiger partial charge in [0, 0.05) is 10.4 Å². The molecule has 0 saturated heterocycles. The number of rotatable bonds is 3. The van der Waals surface area contributed by atoms with E-state index in [4.69, 9.17) is 5.11 Å². The molecule has 1 aromatic heterocycles. The van der Waals surface area contributed by atoms with Gasteiger partial charge in [0.15, 0.2) is 0 Å². The van der Waals surface area contributed by atoms with Gasteiger partial charge in [-0.15, -0.1) is 11.3 Å². The van der Waals surface area contributed by atoms with Crippen molar-refractivity contribution < 1.29 is 5.11 Å². The lowest BCUT2D eigenvalue weighted by Crippen LogP contribution is -1.84. The fourth-order valence-electron chi connectivity index (χ4n) is 2.42. The molecule has 0 unspecified atom stereocenters. The lowest BCUT2D eigenvalue weighted by Gasteiger charge is -2.05. The van der Waals surface area contributed by atoms with Crippen LogP contribution in [0.1, 0.15) is 15.4 Å². The Hall–Kier alpha value is -1.97. The van der Waals surface area contributed by atoms with Crippen molar-refractivity contribution in [2.75, 3.05) is 0 Å². The third-order valence-electron chi connectivity index (χ3n) is 3.53. The highest BCUT2D eigenvalue weighted by atomic mass is 32.1. The first-order chi connectivity index (χ1) is 10.2. The van der Waals surface area contributed by atoms with E-state index >= 15 is 0 Å². The standard InChI is InChI=1S/C18H17NOS/c1-12-18(19-13(2)21-12)17-9-7-16(8-10-17)15-5-3-14(11-20)4-6-15/h3-10,20H,11H2,1-2H3. The van der Waals surface area contributed by atoms with E-state index < -0.39 is 0 Å². The number of thiazole rings is 1. The molecule has 0 aliphatic rings. The van der Waals surface area contributed by atoms with Crippen molar-refractivity contribution in [3.8, 4) is 22.4 Å². The molecule has 1 N–H and O–H groups in total. The second kappa shape index (κ2) is 5.80. The van der Waals surface area contributed by atoms with Crippen LogP contribution >= 0.6 is 11.3 Å². The summed E-state index contributed by atoms with van der Waals surface area (Å²) >= 11 is 1.73. The molecule has 3 aromatic rings. The van der Waals surface area contributed by atoms with E-state index in [1.54, 1.807) is 11.3 Å². The van der Waals surface area contributed by atoms with Crippen LogP contribution in [0.25, 0.3) is 22.4 Å². The van der Waals surface area contributed by atoms with Crippen LogP contribution in [0.5, 0.6) is 0 Å². The largest absolute Gasteiger partial charge is 0.392 e. The maximum atomic E-state index is 9.08. The van der Waals surface area contributed by atoms with Crippen LogP contribution in [-0.4, -0.2) is 10.1 Å². The fraction of sp³-hybridized carbons (Fsp3) is 0.167. The minimum Gasteiger partial charge on any atom is -0.392 e. The maximum absolute atomic E-state index is 9.08. The highest BCUT2D eigenvalue weighted by Gasteiger charge is 2.07. The van der Waals surface area contributed by atoms with Crippen molar-refractivity contribution in [1.82, 2.24) is 4.98 Å². The van der Waals surface area contributed by atoms with E-state index in [0.717, 1.165) is 27.4 Å². The zero-order valence-corrected chi connectivity index (χ0v) is 12.9. The summed E-state index contributed by atoms with van der Waals surface area (Å²) in [7, 11) is 0. The lowest BCUT2D eigenvalue weighted by atomic mass is 10.0. The molecule has 0 aliphatic carbocycles. The van der Waals surface area contributed by atoms with E-state index in [9.17, 15) is 0 Å². The molecule has 0 aliphatic heterocycles. The highest BCUT2D eigenvalue weighted by Crippen LogP contribution is 2.29. The molecule has 106 valence electrons. The molecule has 0 bridgehead atoms. The van der Waals surface area contributed by atoms with Crippen LogP contribution in [0.15, 0.2) is 48.5 Å². The Bertz CT molecular complexity index is 742. The van der Waals surface area contributed by atoms with E-state index in [1.807, 2.05) is 31.2 Å². The average Bonchev–Trinajstić information content (AvgIpc) is 2.86. The Morgan fingerprint density at radius 1 is 0.857 bits per heavy atom. The zero-order valence-electron chi connectivity index (χ0n) is 12.1. The monoisotopic (exact) mass is 295 g/mol. The normalized spacial score (nSPS) is 10.8. The number of aryl methyl sites for hydroxylation is 2. The summed E-state index contributed by atoms with van der Waals surface area (Å²) < 4.78 is 0. The number of benzene rings is 2. The lowest BCUT2D eigenvalue weighted by molar-refractivity contribution is 0.282. The van der Waals surface area contributed by atoms with Crippen molar-refractivity contribution in [2.24, 2.45) is 0 Å². The van der Waals surface area contributed by atoms with Crippen LogP contribution in [0, 0.1) is 13.8 Å². The van der Waals surface area contributed by atoms with Crippen molar-refractivity contribution in [3.63, 3.8) is 0 Å². The van der Waals surface area contributed by atoms with Gasteiger partial charge in [-0.25, -0.2) is 4.98 Å². The molecular formula is C18H17NOS. The number of aliphatic hydroxyl groups is 1. The Balaban J connectivity index is 1.91. The first-order valence-corrected chi connectivity index (χ1v) is 7.73. The first kappa shape index (κ1) is 14.0. The van der Waals surface area contributed by atoms with Crippen molar-refractivity contribution in [1.29, 1.82) is 0 Å². The summed E-state index contributed by atoms with van der Waals surface area (Å²) in [6.45, 7) is 4.24. The van der Waals surface area contributed by atoms with Gasteiger partial charge in [-0.3, -0.25) is 0 Å². The number of nitrogens with zero attached hydrogens (tertiary/aromatic N) is 1. The van der Waals surface area contributed by atoms with Gasteiger partial charge < -0.3 is 5.11 Å². The summed E-state index contributed by atoms with van der Waals surface area (Å²) in [5.41, 5.74) is 5.51. The van der Waals surface area contributed by atoms with Crippen LogP contribution in [0.4, 0.5) is 0 Å². The Kier molecular flexibility index (Phi) is 3.86. The van der Waals surface area contributed by atoms with Crippen LogP contribution < -0.4 is 0 Å². The van der Waals surface area contributed by atoms with Crippen LogP contribution in [0.2, 0.25) is 0 Å². The van der Waals surface area contributed by atoms with Gasteiger partial charge in [-0.1, -0.05) is 48.5 Å². The van der Waals surface area contributed by atoms with Crippen LogP contribution in [-0.2, 0) is 6.61 Å². The smallest absolute Gasteiger partial charge is 0.0904 e. The predicted octanol–water partition coefficient (Wildman–Crippen LogP) is 4.59. The molecule has 2 aromatic carbocycles. The number of aromatic nitrogens is 1. The molecule has 0 radical (unpaired) electrons. The molecule has 1 heterocycles. The Morgan fingerprint density at radius 2 is 1.38 bits per heavy atom.